The highest BCUT2D eigenvalue weighted by atomic mass is 14.9. The number of nitrogens with one attached hydrogen (secondary N) is 1. The van der Waals surface area contributed by atoms with Gasteiger partial charge in [-0.2, -0.15) is 0 Å². The van der Waals surface area contributed by atoms with Gasteiger partial charge in [-0.05, 0) is 48.4 Å². The van der Waals surface area contributed by atoms with Crippen molar-refractivity contribution in [3.8, 4) is 11.1 Å². The summed E-state index contributed by atoms with van der Waals surface area (Å²) in [6, 6.07) is 19.6. The molecule has 1 saturated carbocycles. The van der Waals surface area contributed by atoms with Crippen LogP contribution in [-0.4, -0.2) is 12.6 Å². The minimum Gasteiger partial charge on any atom is -0.385 e. The zero-order valence-electron chi connectivity index (χ0n) is 12.5. The first-order valence-electron chi connectivity index (χ1n) is 7.96. The van der Waals surface area contributed by atoms with E-state index in [0.29, 0.717) is 6.04 Å². The van der Waals surface area contributed by atoms with Gasteiger partial charge in [-0.15, -0.1) is 0 Å². The Balaban J connectivity index is 1.57. The van der Waals surface area contributed by atoms with Crippen LogP contribution in [0.2, 0.25) is 0 Å². The number of anilines is 1. The van der Waals surface area contributed by atoms with Crippen LogP contribution in [0.1, 0.15) is 25.7 Å². The van der Waals surface area contributed by atoms with Crippen molar-refractivity contribution in [2.24, 2.45) is 11.7 Å². The van der Waals surface area contributed by atoms with Crippen molar-refractivity contribution in [1.82, 2.24) is 0 Å². The number of hydrogen-bond donors (Lipinski definition) is 2. The predicted octanol–water partition coefficient (Wildman–Crippen LogP) is 4.28. The molecule has 2 heteroatoms. The summed E-state index contributed by atoms with van der Waals surface area (Å²) in [4.78, 5) is 0. The summed E-state index contributed by atoms with van der Waals surface area (Å²) in [6.45, 7) is 1.04. The highest BCUT2D eigenvalue weighted by molar-refractivity contribution is 5.65. The molecule has 0 heterocycles. The lowest BCUT2D eigenvalue weighted by molar-refractivity contribution is 0.335. The molecule has 2 nitrogen and oxygen atoms in total. The minimum atomic E-state index is 0.408. The Morgan fingerprint density at radius 2 is 1.62 bits per heavy atom. The SMILES string of the molecule is NC1CCCC(CNc2ccc(-c3ccccc3)cc2)C1. The lowest BCUT2D eigenvalue weighted by Crippen LogP contribution is -2.30. The fraction of sp³-hybridized carbons (Fsp3) is 0.368. The van der Waals surface area contributed by atoms with E-state index in [1.165, 1.54) is 36.1 Å². The van der Waals surface area contributed by atoms with E-state index in [2.05, 4.69) is 53.8 Å². The van der Waals surface area contributed by atoms with E-state index < -0.39 is 0 Å². The molecule has 3 rings (SSSR count). The second-order valence-electron chi connectivity index (χ2n) is 6.12. The van der Waals surface area contributed by atoms with Crippen molar-refractivity contribution in [1.29, 1.82) is 0 Å². The molecule has 110 valence electrons. The van der Waals surface area contributed by atoms with E-state index in [1.807, 2.05) is 6.07 Å². The highest BCUT2D eigenvalue weighted by Crippen LogP contribution is 2.25. The van der Waals surface area contributed by atoms with Crippen molar-refractivity contribution in [3.05, 3.63) is 54.6 Å². The molecular formula is C19H24N2. The normalized spacial score (nSPS) is 22.0. The summed E-state index contributed by atoms with van der Waals surface area (Å²) >= 11 is 0. The summed E-state index contributed by atoms with van der Waals surface area (Å²) in [5.74, 6) is 0.725. The van der Waals surface area contributed by atoms with E-state index in [0.717, 1.165) is 18.9 Å². The average molecular weight is 280 g/mol. The van der Waals surface area contributed by atoms with Crippen LogP contribution >= 0.6 is 0 Å². The summed E-state index contributed by atoms with van der Waals surface area (Å²) < 4.78 is 0. The summed E-state index contributed by atoms with van der Waals surface area (Å²) in [6.07, 6.45) is 4.95. The van der Waals surface area contributed by atoms with Crippen LogP contribution in [0.15, 0.2) is 54.6 Å². The molecule has 0 radical (unpaired) electrons. The van der Waals surface area contributed by atoms with Gasteiger partial charge in [0.1, 0.15) is 0 Å². The van der Waals surface area contributed by atoms with Gasteiger partial charge in [0.15, 0.2) is 0 Å². The van der Waals surface area contributed by atoms with Gasteiger partial charge in [0, 0.05) is 18.3 Å². The Labute approximate surface area is 127 Å². The lowest BCUT2D eigenvalue weighted by Gasteiger charge is -2.27. The maximum absolute atomic E-state index is 6.05. The third-order valence-corrected chi connectivity index (χ3v) is 4.41. The largest absolute Gasteiger partial charge is 0.385 e. The van der Waals surface area contributed by atoms with Crippen molar-refractivity contribution in [2.45, 2.75) is 31.7 Å². The molecule has 2 atom stereocenters. The van der Waals surface area contributed by atoms with E-state index >= 15 is 0 Å². The zero-order chi connectivity index (χ0) is 14.5. The molecule has 2 aromatic carbocycles. The standard InChI is InChI=1S/C19H24N2/c20-18-8-4-5-15(13-18)14-21-19-11-9-17(10-12-19)16-6-2-1-3-7-16/h1-3,6-7,9-12,15,18,21H,4-5,8,13-14,20H2. The van der Waals surface area contributed by atoms with Gasteiger partial charge in [0.05, 0.1) is 0 Å². The quantitative estimate of drug-likeness (QED) is 0.877. The van der Waals surface area contributed by atoms with Crippen LogP contribution in [0, 0.1) is 5.92 Å². The van der Waals surface area contributed by atoms with Gasteiger partial charge in [0.2, 0.25) is 0 Å². The molecule has 0 aliphatic heterocycles. The monoisotopic (exact) mass is 280 g/mol. The smallest absolute Gasteiger partial charge is 0.0340 e. The molecule has 1 aliphatic rings. The average Bonchev–Trinajstić information content (AvgIpc) is 2.54. The second kappa shape index (κ2) is 6.77. The van der Waals surface area contributed by atoms with E-state index in [9.17, 15) is 0 Å². The third kappa shape index (κ3) is 3.85. The first kappa shape index (κ1) is 14.2. The summed E-state index contributed by atoms with van der Waals surface area (Å²) in [5, 5.41) is 3.56. The van der Waals surface area contributed by atoms with E-state index in [-0.39, 0.29) is 0 Å². The zero-order valence-corrected chi connectivity index (χ0v) is 12.5. The maximum atomic E-state index is 6.05. The van der Waals surface area contributed by atoms with E-state index in [4.69, 9.17) is 5.73 Å². The molecule has 21 heavy (non-hydrogen) atoms. The Morgan fingerprint density at radius 3 is 2.33 bits per heavy atom. The third-order valence-electron chi connectivity index (χ3n) is 4.41. The number of hydrogen-bond acceptors (Lipinski definition) is 2. The van der Waals surface area contributed by atoms with Gasteiger partial charge in [-0.1, -0.05) is 48.9 Å². The second-order valence-corrected chi connectivity index (χ2v) is 6.12. The number of rotatable bonds is 4. The summed E-state index contributed by atoms with van der Waals surface area (Å²) in [5.41, 5.74) is 9.78. The van der Waals surface area contributed by atoms with Gasteiger partial charge >= 0.3 is 0 Å². The molecule has 1 fully saturated rings. The van der Waals surface area contributed by atoms with Crippen LogP contribution in [0.4, 0.5) is 5.69 Å². The number of benzene rings is 2. The lowest BCUT2D eigenvalue weighted by atomic mass is 9.86. The molecule has 3 N–H and O–H groups in total. The molecule has 2 unspecified atom stereocenters. The molecule has 0 bridgehead atoms. The van der Waals surface area contributed by atoms with Crippen molar-refractivity contribution < 1.29 is 0 Å². The Bertz CT molecular complexity index is 548. The maximum Gasteiger partial charge on any atom is 0.0340 e. The Hall–Kier alpha value is -1.80. The predicted molar refractivity (Wildman–Crippen MR) is 90.3 cm³/mol. The van der Waals surface area contributed by atoms with Crippen LogP contribution < -0.4 is 11.1 Å². The first-order chi connectivity index (χ1) is 10.3. The Kier molecular flexibility index (Phi) is 4.56. The van der Waals surface area contributed by atoms with Crippen LogP contribution in [0.5, 0.6) is 0 Å². The fourth-order valence-electron chi connectivity index (χ4n) is 3.19. The van der Waals surface area contributed by atoms with Crippen LogP contribution in [0.25, 0.3) is 11.1 Å². The van der Waals surface area contributed by atoms with Crippen molar-refractivity contribution >= 4 is 5.69 Å². The molecular weight excluding hydrogens is 256 g/mol. The van der Waals surface area contributed by atoms with Crippen LogP contribution in [-0.2, 0) is 0 Å². The van der Waals surface area contributed by atoms with Crippen molar-refractivity contribution in [2.75, 3.05) is 11.9 Å². The van der Waals surface area contributed by atoms with Gasteiger partial charge in [0.25, 0.3) is 0 Å². The van der Waals surface area contributed by atoms with Gasteiger partial charge < -0.3 is 11.1 Å². The fourth-order valence-corrected chi connectivity index (χ4v) is 3.19. The highest BCUT2D eigenvalue weighted by Gasteiger charge is 2.18. The number of nitrogens with two attached hydrogens (primary N) is 1. The summed E-state index contributed by atoms with van der Waals surface area (Å²) in [7, 11) is 0. The van der Waals surface area contributed by atoms with E-state index in [1.54, 1.807) is 0 Å². The first-order valence-corrected chi connectivity index (χ1v) is 7.96. The Morgan fingerprint density at radius 1 is 0.905 bits per heavy atom. The van der Waals surface area contributed by atoms with Gasteiger partial charge in [-0.3, -0.25) is 0 Å². The molecule has 0 aromatic heterocycles. The molecule has 0 spiro atoms. The molecule has 2 aromatic rings. The topological polar surface area (TPSA) is 38.0 Å². The molecule has 0 amide bonds. The van der Waals surface area contributed by atoms with Crippen LogP contribution in [0.3, 0.4) is 0 Å². The minimum absolute atomic E-state index is 0.408. The molecule has 0 saturated heterocycles. The van der Waals surface area contributed by atoms with Gasteiger partial charge in [-0.25, -0.2) is 0 Å². The van der Waals surface area contributed by atoms with Crippen molar-refractivity contribution in [3.63, 3.8) is 0 Å². The molecule has 1 aliphatic carbocycles.